The van der Waals surface area contributed by atoms with Crippen molar-refractivity contribution in [3.05, 3.63) is 75.3 Å². The van der Waals surface area contributed by atoms with Crippen LogP contribution in [0.3, 0.4) is 0 Å². The molecule has 25 heavy (non-hydrogen) atoms. The molecule has 0 bridgehead atoms. The number of nitrogens with zero attached hydrogens (tertiary/aromatic N) is 3. The van der Waals surface area contributed by atoms with Gasteiger partial charge in [-0.25, -0.2) is 4.98 Å². The van der Waals surface area contributed by atoms with Crippen LogP contribution < -0.4 is 0 Å². The van der Waals surface area contributed by atoms with E-state index >= 15 is 0 Å². The van der Waals surface area contributed by atoms with Crippen LogP contribution in [0.15, 0.2) is 55.3 Å². The maximum Gasteiger partial charge on any atom is 0.247 e. The van der Waals surface area contributed by atoms with Gasteiger partial charge >= 0.3 is 0 Å². The Hall–Kier alpha value is -2.08. The third-order valence-electron chi connectivity index (χ3n) is 3.54. The number of fused-ring (bicyclic) bond motifs is 1. The van der Waals surface area contributed by atoms with Gasteiger partial charge in [0.1, 0.15) is 5.65 Å². The normalized spacial score (nSPS) is 11.3. The van der Waals surface area contributed by atoms with Gasteiger partial charge in [-0.15, -0.1) is 17.9 Å². The van der Waals surface area contributed by atoms with Crippen LogP contribution in [0.25, 0.3) is 11.7 Å². The molecular formula is C18H15Cl2N3OS. The monoisotopic (exact) mass is 391 g/mol. The second-order valence-electron chi connectivity index (χ2n) is 5.26. The zero-order valence-electron chi connectivity index (χ0n) is 13.2. The molecule has 3 rings (SSSR count). The zero-order chi connectivity index (χ0) is 17.8. The van der Waals surface area contributed by atoms with E-state index in [1.54, 1.807) is 17.1 Å². The maximum absolute atomic E-state index is 12.6. The van der Waals surface area contributed by atoms with E-state index < -0.39 is 0 Å². The van der Waals surface area contributed by atoms with E-state index in [4.69, 9.17) is 23.2 Å². The van der Waals surface area contributed by atoms with Gasteiger partial charge in [-0.05, 0) is 30.3 Å². The fourth-order valence-electron chi connectivity index (χ4n) is 2.40. The highest BCUT2D eigenvalue weighted by Gasteiger charge is 2.13. The molecule has 0 radical (unpaired) electrons. The smallest absolute Gasteiger partial charge is 0.247 e. The van der Waals surface area contributed by atoms with Crippen molar-refractivity contribution >= 4 is 52.2 Å². The van der Waals surface area contributed by atoms with Gasteiger partial charge in [0.25, 0.3) is 0 Å². The molecule has 0 fully saturated rings. The van der Waals surface area contributed by atoms with Crippen molar-refractivity contribution in [2.24, 2.45) is 0 Å². The van der Waals surface area contributed by atoms with Crippen molar-refractivity contribution in [1.82, 2.24) is 14.3 Å². The molecule has 0 aromatic carbocycles. The first-order valence-corrected chi connectivity index (χ1v) is 9.10. The lowest BCUT2D eigenvalue weighted by Crippen LogP contribution is -2.28. The molecule has 0 aliphatic rings. The second-order valence-corrected chi connectivity index (χ2v) is 7.42. The van der Waals surface area contributed by atoms with Crippen molar-refractivity contribution in [2.75, 3.05) is 6.54 Å². The van der Waals surface area contributed by atoms with E-state index in [9.17, 15) is 4.79 Å². The highest BCUT2D eigenvalue weighted by molar-refractivity contribution is 7.16. The highest BCUT2D eigenvalue weighted by atomic mass is 35.5. The summed E-state index contributed by atoms with van der Waals surface area (Å²) in [6.07, 6.45) is 6.73. The fourth-order valence-corrected chi connectivity index (χ4v) is 3.75. The predicted molar refractivity (Wildman–Crippen MR) is 104 cm³/mol. The molecule has 3 aromatic rings. The molecule has 4 nitrogen and oxygen atoms in total. The number of rotatable bonds is 6. The standard InChI is InChI=1S/C18H15Cl2N3OS/c1-2-10-22(12-13-6-8-15(19)25-13)17(24)9-7-14-18(20)21-16-5-3-4-11-23(14)16/h2-9,11H,1,10,12H2/b9-7+. The Morgan fingerprint density at radius 2 is 2.16 bits per heavy atom. The number of carbonyl (C=O) groups is 1. The van der Waals surface area contributed by atoms with Gasteiger partial charge in [-0.1, -0.05) is 35.3 Å². The molecule has 0 atom stereocenters. The first kappa shape index (κ1) is 17.7. The van der Waals surface area contributed by atoms with Crippen molar-refractivity contribution in [1.29, 1.82) is 0 Å². The summed E-state index contributed by atoms with van der Waals surface area (Å²) in [6, 6.07) is 9.37. The third-order valence-corrected chi connectivity index (χ3v) is 5.04. The average molecular weight is 392 g/mol. The number of amides is 1. The molecule has 3 aromatic heterocycles. The Balaban J connectivity index is 1.81. The molecular weight excluding hydrogens is 377 g/mol. The van der Waals surface area contributed by atoms with Crippen LogP contribution in [-0.2, 0) is 11.3 Å². The topological polar surface area (TPSA) is 37.6 Å². The van der Waals surface area contributed by atoms with Gasteiger partial charge in [-0.2, -0.15) is 0 Å². The highest BCUT2D eigenvalue weighted by Crippen LogP contribution is 2.23. The Kier molecular flexibility index (Phi) is 5.58. The summed E-state index contributed by atoms with van der Waals surface area (Å²) < 4.78 is 2.54. The summed E-state index contributed by atoms with van der Waals surface area (Å²) in [5.74, 6) is -0.133. The van der Waals surface area contributed by atoms with Gasteiger partial charge in [0.05, 0.1) is 16.6 Å². The van der Waals surface area contributed by atoms with Crippen molar-refractivity contribution < 1.29 is 4.79 Å². The number of pyridine rings is 1. The molecule has 0 aliphatic carbocycles. The molecule has 7 heteroatoms. The van der Waals surface area contributed by atoms with Gasteiger partial charge < -0.3 is 4.90 Å². The molecule has 0 saturated carbocycles. The van der Waals surface area contributed by atoms with E-state index in [1.807, 2.05) is 40.9 Å². The van der Waals surface area contributed by atoms with Crippen LogP contribution in [-0.4, -0.2) is 26.7 Å². The third kappa shape index (κ3) is 4.12. The summed E-state index contributed by atoms with van der Waals surface area (Å²) >= 11 is 13.6. The average Bonchev–Trinajstić information content (AvgIpc) is 3.14. The van der Waals surface area contributed by atoms with Crippen LogP contribution in [0.1, 0.15) is 10.6 Å². The minimum Gasteiger partial charge on any atom is -0.330 e. The van der Waals surface area contributed by atoms with Crippen LogP contribution in [0.5, 0.6) is 0 Å². The number of hydrogen-bond donors (Lipinski definition) is 0. The first-order chi connectivity index (χ1) is 12.1. The van der Waals surface area contributed by atoms with Crippen LogP contribution in [0.2, 0.25) is 9.49 Å². The number of hydrogen-bond acceptors (Lipinski definition) is 3. The van der Waals surface area contributed by atoms with E-state index in [2.05, 4.69) is 11.6 Å². The lowest BCUT2D eigenvalue weighted by Gasteiger charge is -2.18. The number of imidazole rings is 1. The Labute approximate surface area is 159 Å². The maximum atomic E-state index is 12.6. The number of halogens is 2. The minimum absolute atomic E-state index is 0.133. The van der Waals surface area contributed by atoms with Crippen LogP contribution in [0.4, 0.5) is 0 Å². The Morgan fingerprint density at radius 1 is 1.32 bits per heavy atom. The summed E-state index contributed by atoms with van der Waals surface area (Å²) in [4.78, 5) is 19.5. The molecule has 0 spiro atoms. The van der Waals surface area contributed by atoms with E-state index in [1.165, 1.54) is 17.4 Å². The first-order valence-electron chi connectivity index (χ1n) is 7.53. The largest absolute Gasteiger partial charge is 0.330 e. The van der Waals surface area contributed by atoms with Crippen molar-refractivity contribution in [3.8, 4) is 0 Å². The summed E-state index contributed by atoms with van der Waals surface area (Å²) in [5, 5.41) is 0.357. The number of carbonyl (C=O) groups excluding carboxylic acids is 1. The quantitative estimate of drug-likeness (QED) is 0.441. The Bertz CT molecular complexity index is 945. The molecule has 0 saturated heterocycles. The predicted octanol–water partition coefficient (Wildman–Crippen LogP) is 4.93. The lowest BCUT2D eigenvalue weighted by atomic mass is 10.3. The summed E-state index contributed by atoms with van der Waals surface area (Å²) in [7, 11) is 0. The number of aromatic nitrogens is 2. The fraction of sp³-hybridized carbons (Fsp3) is 0.111. The molecule has 1 amide bonds. The summed E-state index contributed by atoms with van der Waals surface area (Å²) in [5.41, 5.74) is 1.40. The SMILES string of the molecule is C=CCN(Cc1ccc(Cl)s1)C(=O)/C=C/c1c(Cl)nc2ccccn12. The van der Waals surface area contributed by atoms with Crippen molar-refractivity contribution in [3.63, 3.8) is 0 Å². The van der Waals surface area contributed by atoms with Gasteiger partial charge in [0.2, 0.25) is 5.91 Å². The molecule has 0 aliphatic heterocycles. The van der Waals surface area contributed by atoms with Crippen molar-refractivity contribution in [2.45, 2.75) is 6.54 Å². The van der Waals surface area contributed by atoms with Crippen LogP contribution >= 0.6 is 34.5 Å². The molecule has 0 N–H and O–H groups in total. The van der Waals surface area contributed by atoms with Gasteiger partial charge in [-0.3, -0.25) is 9.20 Å². The number of thiophene rings is 1. The molecule has 128 valence electrons. The van der Waals surface area contributed by atoms with E-state index in [0.29, 0.717) is 28.3 Å². The molecule has 3 heterocycles. The Morgan fingerprint density at radius 3 is 2.88 bits per heavy atom. The lowest BCUT2D eigenvalue weighted by molar-refractivity contribution is -0.126. The zero-order valence-corrected chi connectivity index (χ0v) is 15.6. The molecule has 0 unspecified atom stereocenters. The van der Waals surface area contributed by atoms with Gasteiger partial charge in [0.15, 0.2) is 5.15 Å². The van der Waals surface area contributed by atoms with Crippen LogP contribution in [0, 0.1) is 0 Å². The van der Waals surface area contributed by atoms with E-state index in [0.717, 1.165) is 10.5 Å². The van der Waals surface area contributed by atoms with Gasteiger partial charge in [0, 0.05) is 23.7 Å². The van der Waals surface area contributed by atoms with E-state index in [-0.39, 0.29) is 5.91 Å². The minimum atomic E-state index is -0.133. The second kappa shape index (κ2) is 7.87. The summed E-state index contributed by atoms with van der Waals surface area (Å²) in [6.45, 7) is 4.64.